The number of hydrogen-bond acceptors (Lipinski definition) is 5. The summed E-state index contributed by atoms with van der Waals surface area (Å²) in [5, 5.41) is 13.7. The normalized spacial score (nSPS) is 20.6. The van der Waals surface area contributed by atoms with Crippen molar-refractivity contribution >= 4 is 11.7 Å². The van der Waals surface area contributed by atoms with E-state index >= 15 is 0 Å². The van der Waals surface area contributed by atoms with Crippen molar-refractivity contribution in [1.82, 2.24) is 10.2 Å². The fourth-order valence-electron chi connectivity index (χ4n) is 3.29. The van der Waals surface area contributed by atoms with Gasteiger partial charge in [0.25, 0.3) is 0 Å². The zero-order chi connectivity index (χ0) is 17.1. The van der Waals surface area contributed by atoms with Gasteiger partial charge in [-0.3, -0.25) is 0 Å². The van der Waals surface area contributed by atoms with Crippen LogP contribution in [0, 0.1) is 0 Å². The van der Waals surface area contributed by atoms with Crippen LogP contribution in [0.4, 0.5) is 0 Å². The summed E-state index contributed by atoms with van der Waals surface area (Å²) in [5.74, 6) is 1.82. The van der Waals surface area contributed by atoms with Gasteiger partial charge in [-0.05, 0) is 30.2 Å². The minimum Gasteiger partial charge on any atom is -0.507 e. The van der Waals surface area contributed by atoms with E-state index in [0.29, 0.717) is 11.4 Å². The van der Waals surface area contributed by atoms with E-state index in [1.807, 2.05) is 30.4 Å². The van der Waals surface area contributed by atoms with Gasteiger partial charge in [-0.15, -0.1) is 0 Å². The minimum atomic E-state index is 0.210. The fraction of sp³-hybridized carbons (Fsp3) is 0.300. The Bertz CT molecular complexity index is 811. The first-order chi connectivity index (χ1) is 12.3. The molecule has 5 heteroatoms. The van der Waals surface area contributed by atoms with Crippen LogP contribution >= 0.6 is 0 Å². The van der Waals surface area contributed by atoms with E-state index in [1.54, 1.807) is 6.07 Å². The van der Waals surface area contributed by atoms with Crippen molar-refractivity contribution in [3.63, 3.8) is 0 Å². The Hall–Kier alpha value is -2.66. The van der Waals surface area contributed by atoms with Crippen LogP contribution in [0.2, 0.25) is 0 Å². The van der Waals surface area contributed by atoms with Crippen molar-refractivity contribution in [2.75, 3.05) is 26.2 Å². The molecular formula is C20H22N4O. The van der Waals surface area contributed by atoms with Gasteiger partial charge in [-0.25, -0.2) is 9.98 Å². The van der Waals surface area contributed by atoms with Crippen LogP contribution in [-0.4, -0.2) is 47.9 Å². The maximum Gasteiger partial charge on any atom is 0.165 e. The second kappa shape index (κ2) is 7.07. The molecule has 2 heterocycles. The molecule has 128 valence electrons. The van der Waals surface area contributed by atoms with E-state index in [-0.39, 0.29) is 5.75 Å². The van der Waals surface area contributed by atoms with Gasteiger partial charge < -0.3 is 15.3 Å². The van der Waals surface area contributed by atoms with Crippen LogP contribution in [0.5, 0.6) is 5.75 Å². The molecule has 4 rings (SSSR count). The quantitative estimate of drug-likeness (QED) is 0.830. The van der Waals surface area contributed by atoms with Crippen LogP contribution in [-0.2, 0) is 0 Å². The van der Waals surface area contributed by atoms with Gasteiger partial charge in [-0.1, -0.05) is 30.4 Å². The zero-order valence-electron chi connectivity index (χ0n) is 14.2. The summed E-state index contributed by atoms with van der Waals surface area (Å²) in [5.41, 5.74) is 2.80. The monoisotopic (exact) mass is 334 g/mol. The number of benzene rings is 1. The Morgan fingerprint density at radius 2 is 1.92 bits per heavy atom. The molecule has 1 aromatic carbocycles. The van der Waals surface area contributed by atoms with Gasteiger partial charge >= 0.3 is 0 Å². The summed E-state index contributed by atoms with van der Waals surface area (Å²) in [6, 6.07) is 7.27. The molecule has 0 aromatic heterocycles. The highest BCUT2D eigenvalue weighted by atomic mass is 16.3. The highest BCUT2D eigenvalue weighted by Gasteiger charge is 2.22. The van der Waals surface area contributed by atoms with E-state index in [0.717, 1.165) is 50.6 Å². The molecule has 2 aliphatic heterocycles. The number of allylic oxidation sites excluding steroid dienone is 5. The van der Waals surface area contributed by atoms with E-state index in [2.05, 4.69) is 22.4 Å². The van der Waals surface area contributed by atoms with Crippen LogP contribution < -0.4 is 5.32 Å². The maximum absolute atomic E-state index is 10.3. The summed E-state index contributed by atoms with van der Waals surface area (Å²) in [6.07, 6.45) is 10.1. The Labute approximate surface area is 147 Å². The molecule has 1 aromatic rings. The SMILES string of the molecule is Oc1ccccc1C1=NC2=CC=CCC=C2CC(N2CCNCC2)=N1. The lowest BCUT2D eigenvalue weighted by molar-refractivity contribution is 0.353. The van der Waals surface area contributed by atoms with Gasteiger partial charge in [0, 0.05) is 32.6 Å². The number of para-hydroxylation sites is 1. The third-order valence-electron chi connectivity index (χ3n) is 4.66. The van der Waals surface area contributed by atoms with Gasteiger partial charge in [0.1, 0.15) is 11.6 Å². The fourth-order valence-corrected chi connectivity index (χ4v) is 3.29. The van der Waals surface area contributed by atoms with Gasteiger partial charge in [0.2, 0.25) is 0 Å². The van der Waals surface area contributed by atoms with E-state index in [1.165, 1.54) is 5.57 Å². The summed E-state index contributed by atoms with van der Waals surface area (Å²) in [6.45, 7) is 3.81. The first-order valence-corrected chi connectivity index (χ1v) is 8.78. The summed E-state index contributed by atoms with van der Waals surface area (Å²) >= 11 is 0. The molecule has 1 aliphatic carbocycles. The van der Waals surface area contributed by atoms with Crippen LogP contribution in [0.3, 0.4) is 0 Å². The first-order valence-electron chi connectivity index (χ1n) is 8.78. The molecule has 5 nitrogen and oxygen atoms in total. The topological polar surface area (TPSA) is 60.2 Å². The van der Waals surface area contributed by atoms with E-state index in [9.17, 15) is 5.11 Å². The molecular weight excluding hydrogens is 312 g/mol. The minimum absolute atomic E-state index is 0.210. The molecule has 1 fully saturated rings. The zero-order valence-corrected chi connectivity index (χ0v) is 14.2. The van der Waals surface area contributed by atoms with Crippen molar-refractivity contribution in [3.05, 3.63) is 65.4 Å². The molecule has 3 aliphatic rings. The molecule has 0 bridgehead atoms. The molecule has 0 amide bonds. The molecule has 0 unspecified atom stereocenters. The number of amidine groups is 2. The van der Waals surface area contributed by atoms with Gasteiger partial charge in [-0.2, -0.15) is 0 Å². The van der Waals surface area contributed by atoms with Crippen molar-refractivity contribution in [2.24, 2.45) is 9.98 Å². The number of hydrogen-bond donors (Lipinski definition) is 2. The number of fused-ring (bicyclic) bond motifs is 1. The molecule has 0 radical (unpaired) electrons. The predicted octanol–water partition coefficient (Wildman–Crippen LogP) is 2.62. The van der Waals surface area contributed by atoms with Crippen LogP contribution in [0.15, 0.2) is 69.8 Å². The number of aromatic hydroxyl groups is 1. The molecule has 1 saturated heterocycles. The number of phenolic OH excluding ortho intramolecular Hbond substituents is 1. The van der Waals surface area contributed by atoms with Crippen molar-refractivity contribution in [2.45, 2.75) is 12.8 Å². The summed E-state index contributed by atoms with van der Waals surface area (Å²) in [4.78, 5) is 12.0. The van der Waals surface area contributed by atoms with Gasteiger partial charge in [0.15, 0.2) is 5.84 Å². The molecule has 0 atom stereocenters. The Morgan fingerprint density at radius 3 is 2.76 bits per heavy atom. The Balaban J connectivity index is 1.80. The van der Waals surface area contributed by atoms with Crippen molar-refractivity contribution in [1.29, 1.82) is 0 Å². The number of nitrogens with zero attached hydrogens (tertiary/aromatic N) is 3. The molecule has 0 saturated carbocycles. The van der Waals surface area contributed by atoms with Crippen molar-refractivity contribution in [3.8, 4) is 5.75 Å². The lowest BCUT2D eigenvalue weighted by atomic mass is 10.1. The van der Waals surface area contributed by atoms with Crippen LogP contribution in [0.25, 0.3) is 0 Å². The number of rotatable bonds is 1. The van der Waals surface area contributed by atoms with E-state index in [4.69, 9.17) is 9.98 Å². The third-order valence-corrected chi connectivity index (χ3v) is 4.66. The average Bonchev–Trinajstić information content (AvgIpc) is 2.96. The van der Waals surface area contributed by atoms with E-state index < -0.39 is 0 Å². The lowest BCUT2D eigenvalue weighted by Gasteiger charge is -2.30. The largest absolute Gasteiger partial charge is 0.507 e. The standard InChI is InChI=1S/C20H22N4O/c25-18-9-5-4-7-16(18)20-22-17-8-3-1-2-6-15(17)14-19(23-20)24-12-10-21-11-13-24/h1,3-9,21,25H,2,10-14H2. The summed E-state index contributed by atoms with van der Waals surface area (Å²) in [7, 11) is 0. The number of phenols is 1. The number of piperazine rings is 1. The second-order valence-electron chi connectivity index (χ2n) is 6.34. The third kappa shape index (κ3) is 3.42. The van der Waals surface area contributed by atoms with Crippen LogP contribution in [0.1, 0.15) is 18.4 Å². The number of nitrogens with one attached hydrogen (secondary N) is 1. The summed E-state index contributed by atoms with van der Waals surface area (Å²) < 4.78 is 0. The highest BCUT2D eigenvalue weighted by Crippen LogP contribution is 2.27. The molecule has 0 spiro atoms. The average molecular weight is 334 g/mol. The molecule has 25 heavy (non-hydrogen) atoms. The van der Waals surface area contributed by atoms with Gasteiger partial charge in [0.05, 0.1) is 11.3 Å². The number of aliphatic imine (C=N–C) groups is 2. The first kappa shape index (κ1) is 15.8. The molecule has 2 N–H and O–H groups in total. The highest BCUT2D eigenvalue weighted by molar-refractivity contribution is 6.10. The predicted molar refractivity (Wildman–Crippen MR) is 101 cm³/mol. The maximum atomic E-state index is 10.3. The second-order valence-corrected chi connectivity index (χ2v) is 6.34. The van der Waals surface area contributed by atoms with Crippen molar-refractivity contribution < 1.29 is 5.11 Å². The Kier molecular flexibility index (Phi) is 4.48. The smallest absolute Gasteiger partial charge is 0.165 e. The Morgan fingerprint density at radius 1 is 1.08 bits per heavy atom. The lowest BCUT2D eigenvalue weighted by Crippen LogP contribution is -2.46.